The summed E-state index contributed by atoms with van der Waals surface area (Å²) in [5.74, 6) is -0.882. The van der Waals surface area contributed by atoms with Gasteiger partial charge in [0.15, 0.2) is 6.10 Å². The van der Waals surface area contributed by atoms with Crippen molar-refractivity contribution in [2.24, 2.45) is 0 Å². The molecule has 2 N–H and O–H groups in total. The third kappa shape index (κ3) is 41.5. The zero-order valence-corrected chi connectivity index (χ0v) is 34.9. The molecule has 0 spiro atoms. The molecule has 9 heteroatoms. The average molecular weight is 759 g/mol. The van der Waals surface area contributed by atoms with Crippen molar-refractivity contribution in [3.05, 3.63) is 12.2 Å². The lowest BCUT2D eigenvalue weighted by atomic mass is 10.0. The standard InChI is InChI=1S/C43H83O8P/c1-3-5-7-9-11-13-15-17-19-20-21-22-23-24-26-27-29-31-33-35-37-42(44)49-39-41(40-50-52(46,47)48)51-43(45)38-36-34-32-30-28-25-18-16-14-12-10-8-6-4-2/h16,18,41H,3-15,17,19-40H2,1-2H3,(H2,46,47,48)/b18-16+/t41-/m1/s1. The van der Waals surface area contributed by atoms with Crippen molar-refractivity contribution in [1.82, 2.24) is 0 Å². The Morgan fingerprint density at radius 2 is 0.808 bits per heavy atom. The van der Waals surface area contributed by atoms with Gasteiger partial charge in [0.25, 0.3) is 0 Å². The summed E-state index contributed by atoms with van der Waals surface area (Å²) in [6.45, 7) is 3.70. The molecule has 0 aromatic carbocycles. The average Bonchev–Trinajstić information content (AvgIpc) is 3.11. The molecule has 0 aromatic heterocycles. The van der Waals surface area contributed by atoms with Crippen molar-refractivity contribution in [3.8, 4) is 0 Å². The molecule has 0 saturated heterocycles. The largest absolute Gasteiger partial charge is 0.469 e. The molecule has 0 heterocycles. The highest BCUT2D eigenvalue weighted by Gasteiger charge is 2.22. The van der Waals surface area contributed by atoms with Crippen LogP contribution in [0.3, 0.4) is 0 Å². The van der Waals surface area contributed by atoms with Gasteiger partial charge in [-0.25, -0.2) is 4.57 Å². The number of carbonyl (C=O) groups excluding carboxylic acids is 2. The second-order valence-corrected chi connectivity index (χ2v) is 16.3. The number of unbranched alkanes of at least 4 members (excludes halogenated alkanes) is 29. The van der Waals surface area contributed by atoms with Crippen LogP contribution in [-0.2, 0) is 28.2 Å². The summed E-state index contributed by atoms with van der Waals surface area (Å²) in [5.41, 5.74) is 0. The molecule has 0 radical (unpaired) electrons. The van der Waals surface area contributed by atoms with Crippen LogP contribution in [0.5, 0.6) is 0 Å². The lowest BCUT2D eigenvalue weighted by Gasteiger charge is -2.18. The molecule has 0 aliphatic rings. The summed E-state index contributed by atoms with van der Waals surface area (Å²) < 4.78 is 26.4. The molecule has 0 bridgehead atoms. The molecule has 0 saturated carbocycles. The highest BCUT2D eigenvalue weighted by atomic mass is 31.2. The second-order valence-electron chi connectivity index (χ2n) is 15.0. The van der Waals surface area contributed by atoms with E-state index >= 15 is 0 Å². The van der Waals surface area contributed by atoms with Crippen molar-refractivity contribution in [2.75, 3.05) is 13.2 Å². The lowest BCUT2D eigenvalue weighted by Crippen LogP contribution is -2.29. The Morgan fingerprint density at radius 1 is 0.481 bits per heavy atom. The molecule has 0 rings (SSSR count). The van der Waals surface area contributed by atoms with E-state index in [-0.39, 0.29) is 19.4 Å². The minimum atomic E-state index is -4.75. The minimum Gasteiger partial charge on any atom is -0.462 e. The van der Waals surface area contributed by atoms with E-state index in [1.807, 2.05) is 0 Å². The molecule has 0 aromatic rings. The lowest BCUT2D eigenvalue weighted by molar-refractivity contribution is -0.161. The van der Waals surface area contributed by atoms with Crippen LogP contribution < -0.4 is 0 Å². The molecule has 0 aliphatic heterocycles. The maximum Gasteiger partial charge on any atom is 0.469 e. The van der Waals surface area contributed by atoms with Gasteiger partial charge in [-0.05, 0) is 38.5 Å². The Kier molecular flexibility index (Phi) is 38.6. The normalized spacial score (nSPS) is 12.5. The fourth-order valence-electron chi connectivity index (χ4n) is 6.49. The number of phosphoric acid groups is 1. The second kappa shape index (κ2) is 39.5. The van der Waals surface area contributed by atoms with E-state index in [0.29, 0.717) is 6.42 Å². The first-order chi connectivity index (χ1) is 25.3. The van der Waals surface area contributed by atoms with Crippen LogP contribution in [0.4, 0.5) is 0 Å². The fourth-order valence-corrected chi connectivity index (χ4v) is 6.85. The zero-order valence-electron chi connectivity index (χ0n) is 34.0. The van der Waals surface area contributed by atoms with Crippen molar-refractivity contribution >= 4 is 19.8 Å². The van der Waals surface area contributed by atoms with Gasteiger partial charge in [0.2, 0.25) is 0 Å². The third-order valence-electron chi connectivity index (χ3n) is 9.78. The van der Waals surface area contributed by atoms with Crippen molar-refractivity contribution in [3.63, 3.8) is 0 Å². The molecule has 52 heavy (non-hydrogen) atoms. The van der Waals surface area contributed by atoms with E-state index < -0.39 is 32.5 Å². The Bertz CT molecular complexity index is 858. The van der Waals surface area contributed by atoms with Gasteiger partial charge in [-0.1, -0.05) is 193 Å². The van der Waals surface area contributed by atoms with Gasteiger partial charge in [-0.15, -0.1) is 0 Å². The molecular formula is C43H83O8P. The number of esters is 2. The van der Waals surface area contributed by atoms with E-state index in [2.05, 4.69) is 30.5 Å². The first-order valence-corrected chi connectivity index (χ1v) is 23.5. The number of rotatable bonds is 41. The summed E-state index contributed by atoms with van der Waals surface area (Å²) >= 11 is 0. The highest BCUT2D eigenvalue weighted by Crippen LogP contribution is 2.36. The molecular weight excluding hydrogens is 675 g/mol. The quantitative estimate of drug-likeness (QED) is 0.0274. The Morgan fingerprint density at radius 3 is 1.17 bits per heavy atom. The van der Waals surface area contributed by atoms with Crippen LogP contribution >= 0.6 is 7.82 Å². The predicted octanol–water partition coefficient (Wildman–Crippen LogP) is 13.4. The van der Waals surface area contributed by atoms with E-state index in [1.54, 1.807) is 0 Å². The van der Waals surface area contributed by atoms with Crippen LogP contribution in [0.2, 0.25) is 0 Å². The van der Waals surface area contributed by atoms with Crippen LogP contribution in [0, 0.1) is 0 Å². The van der Waals surface area contributed by atoms with E-state index in [0.717, 1.165) is 51.4 Å². The maximum absolute atomic E-state index is 12.4. The van der Waals surface area contributed by atoms with Gasteiger partial charge in [0, 0.05) is 12.8 Å². The number of ether oxygens (including phenoxy) is 2. The number of hydrogen-bond acceptors (Lipinski definition) is 6. The van der Waals surface area contributed by atoms with Crippen molar-refractivity contribution < 1.29 is 37.9 Å². The maximum atomic E-state index is 12.4. The van der Waals surface area contributed by atoms with E-state index in [4.69, 9.17) is 19.3 Å². The molecule has 8 nitrogen and oxygen atoms in total. The summed E-state index contributed by atoms with van der Waals surface area (Å²) in [7, 11) is -4.75. The monoisotopic (exact) mass is 759 g/mol. The Balaban J connectivity index is 3.83. The molecule has 0 aliphatic carbocycles. The van der Waals surface area contributed by atoms with Gasteiger partial charge in [0.05, 0.1) is 6.61 Å². The first kappa shape index (κ1) is 50.8. The predicted molar refractivity (Wildman–Crippen MR) is 216 cm³/mol. The number of allylic oxidation sites excluding steroid dienone is 2. The molecule has 0 amide bonds. The number of phosphoric ester groups is 1. The number of hydrogen-bond donors (Lipinski definition) is 2. The van der Waals surface area contributed by atoms with Crippen LogP contribution in [0.15, 0.2) is 12.2 Å². The molecule has 0 fully saturated rings. The fraction of sp³-hybridized carbons (Fsp3) is 0.907. The summed E-state index contributed by atoms with van der Waals surface area (Å²) in [6, 6.07) is 0. The molecule has 308 valence electrons. The first-order valence-electron chi connectivity index (χ1n) is 22.0. The Labute approximate surface area is 320 Å². The van der Waals surface area contributed by atoms with Crippen molar-refractivity contribution in [2.45, 2.75) is 238 Å². The Hall–Kier alpha value is -1.21. The minimum absolute atomic E-state index is 0.206. The van der Waals surface area contributed by atoms with Crippen LogP contribution in [0.25, 0.3) is 0 Å². The van der Waals surface area contributed by atoms with Gasteiger partial charge in [-0.3, -0.25) is 14.1 Å². The smallest absolute Gasteiger partial charge is 0.462 e. The molecule has 1 atom stereocenters. The van der Waals surface area contributed by atoms with Gasteiger partial charge in [-0.2, -0.15) is 0 Å². The number of carbonyl (C=O) groups is 2. The van der Waals surface area contributed by atoms with Gasteiger partial charge in [0.1, 0.15) is 6.61 Å². The van der Waals surface area contributed by atoms with E-state index in [1.165, 1.54) is 148 Å². The van der Waals surface area contributed by atoms with E-state index in [9.17, 15) is 14.2 Å². The summed E-state index contributed by atoms with van der Waals surface area (Å²) in [6.07, 6.45) is 43.7. The zero-order chi connectivity index (χ0) is 38.2. The van der Waals surface area contributed by atoms with Crippen LogP contribution in [-0.4, -0.2) is 41.0 Å². The SMILES string of the molecule is CCCCCCC/C=C/CCCCCCCC(=O)O[C@H](COC(=O)CCCCCCCCCCCCCCCCCCCCCC)COP(=O)(O)O. The van der Waals surface area contributed by atoms with Crippen molar-refractivity contribution in [1.29, 1.82) is 0 Å². The summed E-state index contributed by atoms with van der Waals surface area (Å²) in [5, 5.41) is 0. The van der Waals surface area contributed by atoms with Gasteiger partial charge < -0.3 is 19.3 Å². The topological polar surface area (TPSA) is 119 Å². The third-order valence-corrected chi connectivity index (χ3v) is 10.3. The van der Waals surface area contributed by atoms with Gasteiger partial charge >= 0.3 is 19.8 Å². The van der Waals surface area contributed by atoms with Crippen LogP contribution in [0.1, 0.15) is 232 Å². The highest BCUT2D eigenvalue weighted by molar-refractivity contribution is 7.46. The molecule has 0 unspecified atom stereocenters. The summed E-state index contributed by atoms with van der Waals surface area (Å²) in [4.78, 5) is 42.9.